The third-order valence-electron chi connectivity index (χ3n) is 3.56. The van der Waals surface area contributed by atoms with Gasteiger partial charge in [0.2, 0.25) is 0 Å². The highest BCUT2D eigenvalue weighted by Crippen LogP contribution is 2.30. The lowest BCUT2D eigenvalue weighted by atomic mass is 10.1. The molecule has 1 aromatic heterocycles. The summed E-state index contributed by atoms with van der Waals surface area (Å²) in [5, 5.41) is 0. The van der Waals surface area contributed by atoms with Gasteiger partial charge >= 0.3 is 0 Å². The fourth-order valence-electron chi connectivity index (χ4n) is 2.38. The van der Waals surface area contributed by atoms with E-state index < -0.39 is 0 Å². The number of benzene rings is 1. The van der Waals surface area contributed by atoms with Crippen molar-refractivity contribution in [2.24, 2.45) is 0 Å². The van der Waals surface area contributed by atoms with E-state index in [2.05, 4.69) is 72.7 Å². The molecule has 0 atom stereocenters. The van der Waals surface area contributed by atoms with E-state index in [1.54, 1.807) is 0 Å². The quantitative estimate of drug-likeness (QED) is 0.740. The van der Waals surface area contributed by atoms with E-state index in [4.69, 9.17) is 0 Å². The first-order chi connectivity index (χ1) is 11.2. The second-order valence-corrected chi connectivity index (χ2v) is 5.09. The number of H-pyrrole nitrogens is 1. The van der Waals surface area contributed by atoms with Crippen LogP contribution < -0.4 is 0 Å². The molecule has 1 aliphatic rings. The monoisotopic (exact) mass is 310 g/mol. The van der Waals surface area contributed by atoms with Gasteiger partial charge in [0.1, 0.15) is 0 Å². The van der Waals surface area contributed by atoms with E-state index in [0.717, 1.165) is 6.42 Å². The van der Waals surface area contributed by atoms with Crippen molar-refractivity contribution >= 4 is 5.57 Å². The van der Waals surface area contributed by atoms with Crippen molar-refractivity contribution in [3.05, 3.63) is 66.1 Å². The summed E-state index contributed by atoms with van der Waals surface area (Å²) in [5.74, 6) is 0. The molecule has 124 valence electrons. The average molecular weight is 310 g/mol. The van der Waals surface area contributed by atoms with Gasteiger partial charge in [-0.05, 0) is 28.8 Å². The number of rotatable bonds is 3. The predicted octanol–water partition coefficient (Wildman–Crippen LogP) is 5.97. The first-order valence-corrected chi connectivity index (χ1v) is 8.55. The molecule has 1 N–H and O–H groups in total. The Morgan fingerprint density at radius 3 is 2.09 bits per heavy atom. The smallest absolute Gasteiger partial charge is 0.0423 e. The molecular formula is C21H30N2. The molecule has 1 heterocycles. The predicted molar refractivity (Wildman–Crippen MR) is 103 cm³/mol. The van der Waals surface area contributed by atoms with Crippen molar-refractivity contribution in [2.75, 3.05) is 14.1 Å². The SMILES string of the molecule is CC.CC.CN(C)C1=CC=C(c2cc(-c3ccccc3)c[nH]2)C1. The molecule has 0 saturated carbocycles. The van der Waals surface area contributed by atoms with Crippen LogP contribution >= 0.6 is 0 Å². The van der Waals surface area contributed by atoms with Crippen LogP contribution in [0.5, 0.6) is 0 Å². The Hall–Kier alpha value is -2.22. The van der Waals surface area contributed by atoms with Crippen LogP contribution in [0.4, 0.5) is 0 Å². The highest BCUT2D eigenvalue weighted by Gasteiger charge is 2.13. The van der Waals surface area contributed by atoms with Crippen LogP contribution in [-0.2, 0) is 0 Å². The topological polar surface area (TPSA) is 19.0 Å². The average Bonchev–Trinajstić information content (AvgIpc) is 3.29. The van der Waals surface area contributed by atoms with Crippen LogP contribution in [0.1, 0.15) is 39.8 Å². The Balaban J connectivity index is 0.000000615. The molecule has 0 unspecified atom stereocenters. The van der Waals surface area contributed by atoms with Gasteiger partial charge in [0.15, 0.2) is 0 Å². The summed E-state index contributed by atoms with van der Waals surface area (Å²) >= 11 is 0. The molecule has 1 aromatic carbocycles. The fraction of sp³-hybridized carbons (Fsp3) is 0.333. The van der Waals surface area contributed by atoms with Crippen molar-refractivity contribution in [3.63, 3.8) is 0 Å². The summed E-state index contributed by atoms with van der Waals surface area (Å²) in [6.45, 7) is 8.00. The molecule has 0 fully saturated rings. The first-order valence-electron chi connectivity index (χ1n) is 8.55. The summed E-state index contributed by atoms with van der Waals surface area (Å²) in [6, 6.07) is 12.7. The van der Waals surface area contributed by atoms with E-state index in [9.17, 15) is 0 Å². The van der Waals surface area contributed by atoms with Gasteiger partial charge in [-0.1, -0.05) is 64.1 Å². The van der Waals surface area contributed by atoms with Crippen LogP contribution in [0.25, 0.3) is 16.7 Å². The third kappa shape index (κ3) is 4.88. The van der Waals surface area contributed by atoms with Crippen molar-refractivity contribution in [1.82, 2.24) is 9.88 Å². The van der Waals surface area contributed by atoms with Crippen molar-refractivity contribution in [2.45, 2.75) is 34.1 Å². The fourth-order valence-corrected chi connectivity index (χ4v) is 2.38. The number of allylic oxidation sites excluding steroid dienone is 3. The molecule has 2 nitrogen and oxygen atoms in total. The second kappa shape index (κ2) is 9.73. The molecule has 0 radical (unpaired) electrons. The van der Waals surface area contributed by atoms with Crippen LogP contribution in [-0.4, -0.2) is 24.0 Å². The standard InChI is InChI=1S/C17H18N2.2C2H6/c1-19(2)16-9-8-14(10-16)17-11-15(12-18-17)13-6-4-3-5-7-13;2*1-2/h3-9,11-12,18H,10H2,1-2H3;2*1-2H3. The minimum Gasteiger partial charge on any atom is -0.381 e. The molecule has 23 heavy (non-hydrogen) atoms. The lowest BCUT2D eigenvalue weighted by Crippen LogP contribution is -2.09. The second-order valence-electron chi connectivity index (χ2n) is 5.09. The summed E-state index contributed by atoms with van der Waals surface area (Å²) in [5.41, 5.74) is 6.42. The summed E-state index contributed by atoms with van der Waals surface area (Å²) in [7, 11) is 4.18. The molecule has 3 rings (SSSR count). The minimum absolute atomic E-state index is 1.00. The Bertz CT molecular complexity index is 631. The van der Waals surface area contributed by atoms with E-state index >= 15 is 0 Å². The highest BCUT2D eigenvalue weighted by molar-refractivity contribution is 5.75. The maximum absolute atomic E-state index is 3.39. The summed E-state index contributed by atoms with van der Waals surface area (Å²) < 4.78 is 0. The molecule has 0 amide bonds. The minimum atomic E-state index is 1.00. The summed E-state index contributed by atoms with van der Waals surface area (Å²) in [6.07, 6.45) is 7.48. The van der Waals surface area contributed by atoms with Crippen LogP contribution in [0.15, 0.2) is 60.4 Å². The lowest BCUT2D eigenvalue weighted by molar-refractivity contribution is 0.506. The molecule has 0 bridgehead atoms. The van der Waals surface area contributed by atoms with Gasteiger partial charge in [-0.25, -0.2) is 0 Å². The van der Waals surface area contributed by atoms with Gasteiger partial charge in [0.25, 0.3) is 0 Å². The van der Waals surface area contributed by atoms with Crippen LogP contribution in [0, 0.1) is 0 Å². The molecule has 0 spiro atoms. The molecule has 1 aliphatic carbocycles. The number of aromatic nitrogens is 1. The Morgan fingerprint density at radius 1 is 0.870 bits per heavy atom. The van der Waals surface area contributed by atoms with Crippen LogP contribution in [0.2, 0.25) is 0 Å². The van der Waals surface area contributed by atoms with Gasteiger partial charge < -0.3 is 9.88 Å². The van der Waals surface area contributed by atoms with Crippen LogP contribution in [0.3, 0.4) is 0 Å². The van der Waals surface area contributed by atoms with E-state index in [0.29, 0.717) is 0 Å². The van der Waals surface area contributed by atoms with Gasteiger partial charge in [-0.2, -0.15) is 0 Å². The summed E-state index contributed by atoms with van der Waals surface area (Å²) in [4.78, 5) is 5.56. The van der Waals surface area contributed by atoms with Gasteiger partial charge in [-0.3, -0.25) is 0 Å². The Labute approximate surface area is 141 Å². The highest BCUT2D eigenvalue weighted by atomic mass is 15.1. The molecule has 2 aromatic rings. The normalized spacial score (nSPS) is 12.3. The van der Waals surface area contributed by atoms with E-state index in [1.807, 2.05) is 33.8 Å². The first kappa shape index (κ1) is 18.8. The zero-order valence-corrected chi connectivity index (χ0v) is 15.4. The Morgan fingerprint density at radius 2 is 1.52 bits per heavy atom. The third-order valence-corrected chi connectivity index (χ3v) is 3.56. The van der Waals surface area contributed by atoms with E-state index in [1.165, 1.54) is 28.1 Å². The molecular weight excluding hydrogens is 280 g/mol. The largest absolute Gasteiger partial charge is 0.381 e. The van der Waals surface area contributed by atoms with Crippen molar-refractivity contribution < 1.29 is 0 Å². The molecule has 2 heteroatoms. The van der Waals surface area contributed by atoms with Gasteiger partial charge in [0, 0.05) is 38.1 Å². The lowest BCUT2D eigenvalue weighted by Gasteiger charge is -2.14. The van der Waals surface area contributed by atoms with E-state index in [-0.39, 0.29) is 0 Å². The zero-order chi connectivity index (χ0) is 17.2. The van der Waals surface area contributed by atoms with Crippen molar-refractivity contribution in [3.8, 4) is 11.1 Å². The number of hydrogen-bond donors (Lipinski definition) is 1. The Kier molecular flexibility index (Phi) is 7.96. The molecule has 0 saturated heterocycles. The van der Waals surface area contributed by atoms with Gasteiger partial charge in [-0.15, -0.1) is 0 Å². The maximum Gasteiger partial charge on any atom is 0.0423 e. The van der Waals surface area contributed by atoms with Gasteiger partial charge in [0.05, 0.1) is 0 Å². The number of nitrogens with one attached hydrogen (secondary N) is 1. The number of nitrogens with zero attached hydrogens (tertiary/aromatic N) is 1. The number of aromatic amines is 1. The maximum atomic E-state index is 3.39. The molecule has 0 aliphatic heterocycles. The zero-order valence-electron chi connectivity index (χ0n) is 15.4. The number of hydrogen-bond acceptors (Lipinski definition) is 1. The van der Waals surface area contributed by atoms with Crippen molar-refractivity contribution in [1.29, 1.82) is 0 Å².